The summed E-state index contributed by atoms with van der Waals surface area (Å²) in [6.45, 7) is 4.99. The molecular weight excluding hydrogens is 378 g/mol. The molecule has 30 heavy (non-hydrogen) atoms. The summed E-state index contributed by atoms with van der Waals surface area (Å²) in [6.07, 6.45) is 5.81. The molecule has 3 aliphatic rings. The van der Waals surface area contributed by atoms with Crippen LogP contribution in [0.2, 0.25) is 0 Å². The third-order valence-corrected chi connectivity index (χ3v) is 6.94. The van der Waals surface area contributed by atoms with Gasteiger partial charge in [-0.25, -0.2) is 0 Å². The van der Waals surface area contributed by atoms with E-state index in [1.807, 2.05) is 18.2 Å². The quantitative estimate of drug-likeness (QED) is 0.682. The molecule has 1 aromatic heterocycles. The summed E-state index contributed by atoms with van der Waals surface area (Å²) in [7, 11) is 0. The summed E-state index contributed by atoms with van der Waals surface area (Å²) in [4.78, 5) is 19.0. The van der Waals surface area contributed by atoms with E-state index in [1.54, 1.807) is 24.5 Å². The molecule has 2 aromatic rings. The number of aromatic nitrogens is 1. The van der Waals surface area contributed by atoms with Crippen molar-refractivity contribution in [1.82, 2.24) is 15.2 Å². The van der Waals surface area contributed by atoms with Crippen LogP contribution in [0.5, 0.6) is 0 Å². The van der Waals surface area contributed by atoms with Crippen LogP contribution in [0.15, 0.2) is 54.9 Å². The van der Waals surface area contributed by atoms with Crippen molar-refractivity contribution in [2.45, 2.75) is 31.2 Å². The lowest BCUT2D eigenvalue weighted by Gasteiger charge is -2.29. The zero-order chi connectivity index (χ0) is 20.4. The van der Waals surface area contributed by atoms with Crippen LogP contribution in [0.1, 0.15) is 28.8 Å². The highest BCUT2D eigenvalue weighted by Gasteiger charge is 2.62. The number of carbonyl (C=O) groups is 1. The third kappa shape index (κ3) is 3.87. The molecular formula is C24H29N3O3. The van der Waals surface area contributed by atoms with Crippen LogP contribution >= 0.6 is 0 Å². The van der Waals surface area contributed by atoms with Crippen LogP contribution < -0.4 is 5.32 Å². The van der Waals surface area contributed by atoms with Gasteiger partial charge in [0.2, 0.25) is 0 Å². The predicted molar refractivity (Wildman–Crippen MR) is 113 cm³/mol. The van der Waals surface area contributed by atoms with Gasteiger partial charge in [0, 0.05) is 50.4 Å². The Kier molecular flexibility index (Phi) is 5.54. The number of hydrogen-bond donors (Lipinski definition) is 1. The molecule has 3 fully saturated rings. The van der Waals surface area contributed by atoms with E-state index in [0.717, 1.165) is 39.1 Å². The second kappa shape index (κ2) is 8.46. The van der Waals surface area contributed by atoms with Gasteiger partial charge in [-0.05, 0) is 30.5 Å². The molecule has 3 saturated heterocycles. The van der Waals surface area contributed by atoms with E-state index in [-0.39, 0.29) is 17.6 Å². The number of likely N-dealkylation sites (tertiary alicyclic amines) is 1. The number of hydrogen-bond acceptors (Lipinski definition) is 5. The monoisotopic (exact) mass is 407 g/mol. The standard InChI is InChI=1S/C24H29N3O3/c28-23(19-7-4-10-25-13-19)26-14-20-21-15-27(17-24(21)9-8-22(20)30-24)11-12-29-16-18-5-2-1-3-6-18/h1-7,10,13,20-22H,8-9,11-12,14-17H2,(H,26,28)/t20-,21+,22+,24+/m0/s1. The van der Waals surface area contributed by atoms with Gasteiger partial charge in [0.05, 0.1) is 30.5 Å². The molecule has 3 aliphatic heterocycles. The largest absolute Gasteiger partial charge is 0.375 e. The second-order valence-corrected chi connectivity index (χ2v) is 8.76. The lowest BCUT2D eigenvalue weighted by molar-refractivity contribution is -0.000186. The Morgan fingerprint density at radius 3 is 3.00 bits per heavy atom. The smallest absolute Gasteiger partial charge is 0.252 e. The lowest BCUT2D eigenvalue weighted by Crippen LogP contribution is -2.41. The maximum atomic E-state index is 12.4. The maximum absolute atomic E-state index is 12.4. The minimum absolute atomic E-state index is 0.0200. The molecule has 0 aliphatic carbocycles. The van der Waals surface area contributed by atoms with Crippen molar-refractivity contribution in [3.63, 3.8) is 0 Å². The first-order valence-corrected chi connectivity index (χ1v) is 10.9. The van der Waals surface area contributed by atoms with Gasteiger partial charge in [-0.1, -0.05) is 30.3 Å². The van der Waals surface area contributed by atoms with Gasteiger partial charge in [-0.3, -0.25) is 14.7 Å². The normalized spacial score (nSPS) is 29.8. The number of nitrogens with zero attached hydrogens (tertiary/aromatic N) is 2. The van der Waals surface area contributed by atoms with Crippen LogP contribution in [0, 0.1) is 11.8 Å². The van der Waals surface area contributed by atoms with E-state index in [0.29, 0.717) is 30.6 Å². The van der Waals surface area contributed by atoms with Crippen LogP contribution in [0.4, 0.5) is 0 Å². The number of amides is 1. The first-order chi connectivity index (χ1) is 14.7. The van der Waals surface area contributed by atoms with Crippen LogP contribution in [0.25, 0.3) is 0 Å². The first-order valence-electron chi connectivity index (χ1n) is 10.9. The fourth-order valence-corrected chi connectivity index (χ4v) is 5.50. The number of nitrogens with one attached hydrogen (secondary N) is 1. The summed E-state index contributed by atoms with van der Waals surface area (Å²) in [5.74, 6) is 0.818. The average Bonchev–Trinajstić information content (AvgIpc) is 3.45. The summed E-state index contributed by atoms with van der Waals surface area (Å²) < 4.78 is 12.4. The molecule has 1 amide bonds. The van der Waals surface area contributed by atoms with E-state index in [9.17, 15) is 4.79 Å². The third-order valence-electron chi connectivity index (χ3n) is 6.94. The van der Waals surface area contributed by atoms with E-state index in [4.69, 9.17) is 9.47 Å². The molecule has 1 spiro atoms. The Bertz CT molecular complexity index is 863. The highest BCUT2D eigenvalue weighted by Crippen LogP contribution is 2.54. The highest BCUT2D eigenvalue weighted by molar-refractivity contribution is 5.93. The van der Waals surface area contributed by atoms with Gasteiger partial charge in [0.1, 0.15) is 0 Å². The number of rotatable bonds is 8. The Morgan fingerprint density at radius 2 is 2.17 bits per heavy atom. The Labute approximate surface area is 177 Å². The Hall–Kier alpha value is -2.28. The van der Waals surface area contributed by atoms with Crippen molar-refractivity contribution >= 4 is 5.91 Å². The summed E-state index contributed by atoms with van der Waals surface area (Å²) >= 11 is 0. The van der Waals surface area contributed by atoms with Gasteiger partial charge in [0.25, 0.3) is 5.91 Å². The number of benzene rings is 1. The van der Waals surface area contributed by atoms with Crippen LogP contribution in [-0.2, 0) is 16.1 Å². The fourth-order valence-electron chi connectivity index (χ4n) is 5.50. The maximum Gasteiger partial charge on any atom is 0.252 e. The van der Waals surface area contributed by atoms with E-state index >= 15 is 0 Å². The molecule has 6 heteroatoms. The van der Waals surface area contributed by atoms with Gasteiger partial charge in [-0.15, -0.1) is 0 Å². The van der Waals surface area contributed by atoms with Crippen molar-refractivity contribution < 1.29 is 14.3 Å². The van der Waals surface area contributed by atoms with Crippen LogP contribution in [0.3, 0.4) is 0 Å². The molecule has 0 unspecified atom stereocenters. The Morgan fingerprint density at radius 1 is 1.27 bits per heavy atom. The molecule has 5 rings (SSSR count). The zero-order valence-electron chi connectivity index (χ0n) is 17.2. The molecule has 1 N–H and O–H groups in total. The van der Waals surface area contributed by atoms with Gasteiger partial charge in [-0.2, -0.15) is 0 Å². The summed E-state index contributed by atoms with van der Waals surface area (Å²) in [5, 5.41) is 3.12. The van der Waals surface area contributed by atoms with Gasteiger partial charge >= 0.3 is 0 Å². The number of carbonyl (C=O) groups excluding carboxylic acids is 1. The second-order valence-electron chi connectivity index (χ2n) is 8.76. The summed E-state index contributed by atoms with van der Waals surface area (Å²) in [6, 6.07) is 13.9. The fraction of sp³-hybridized carbons (Fsp3) is 0.500. The molecule has 2 bridgehead atoms. The first kappa shape index (κ1) is 19.7. The predicted octanol–water partition coefficient (Wildman–Crippen LogP) is 2.51. The lowest BCUT2D eigenvalue weighted by atomic mass is 9.73. The van der Waals surface area contributed by atoms with Gasteiger partial charge < -0.3 is 14.8 Å². The van der Waals surface area contributed by atoms with E-state index in [1.165, 1.54) is 5.56 Å². The molecule has 4 atom stereocenters. The van der Waals surface area contributed by atoms with Crippen molar-refractivity contribution in [2.24, 2.45) is 11.8 Å². The number of pyridine rings is 1. The van der Waals surface area contributed by atoms with Crippen LogP contribution in [-0.4, -0.2) is 60.3 Å². The van der Waals surface area contributed by atoms with E-state index in [2.05, 4.69) is 27.3 Å². The van der Waals surface area contributed by atoms with Crippen molar-refractivity contribution in [1.29, 1.82) is 0 Å². The van der Waals surface area contributed by atoms with E-state index < -0.39 is 0 Å². The molecule has 0 radical (unpaired) electrons. The van der Waals surface area contributed by atoms with Crippen molar-refractivity contribution in [2.75, 3.05) is 32.8 Å². The topological polar surface area (TPSA) is 63.7 Å². The number of ether oxygens (including phenoxy) is 2. The van der Waals surface area contributed by atoms with Crippen molar-refractivity contribution in [3.8, 4) is 0 Å². The Balaban J connectivity index is 1.12. The SMILES string of the molecule is O=C(NC[C@H]1[C@H]2CN(CCOCc3ccccc3)C[C@]23CC[C@H]1O3)c1cccnc1. The van der Waals surface area contributed by atoms with Crippen molar-refractivity contribution in [3.05, 3.63) is 66.0 Å². The minimum Gasteiger partial charge on any atom is -0.375 e. The summed E-state index contributed by atoms with van der Waals surface area (Å²) in [5.41, 5.74) is 1.80. The molecule has 0 saturated carbocycles. The molecule has 4 heterocycles. The zero-order valence-corrected chi connectivity index (χ0v) is 17.2. The average molecular weight is 408 g/mol. The van der Waals surface area contributed by atoms with Gasteiger partial charge in [0.15, 0.2) is 0 Å². The molecule has 1 aromatic carbocycles. The highest BCUT2D eigenvalue weighted by atomic mass is 16.5. The number of fused-ring (bicyclic) bond motifs is 1. The molecule has 158 valence electrons. The molecule has 6 nitrogen and oxygen atoms in total. The minimum atomic E-state index is -0.0518.